The maximum atomic E-state index is 11.8. The molecule has 1 amide bonds. The van der Waals surface area contributed by atoms with E-state index in [9.17, 15) is 4.79 Å². The summed E-state index contributed by atoms with van der Waals surface area (Å²) in [6, 6.07) is 10.9. The van der Waals surface area contributed by atoms with Crippen molar-refractivity contribution < 1.29 is 13.6 Å². The van der Waals surface area contributed by atoms with Gasteiger partial charge in [0.15, 0.2) is 5.76 Å². The molecule has 5 nitrogen and oxygen atoms in total. The number of carbonyl (C=O) groups excluding carboxylic acids is 1. The number of carbonyl (C=O) groups is 1. The molecular weight excluding hydrogens is 336 g/mol. The Bertz CT molecular complexity index is 769. The third kappa shape index (κ3) is 4.40. The minimum Gasteiger partial charge on any atom is -0.467 e. The van der Waals surface area contributed by atoms with Gasteiger partial charge in [0.25, 0.3) is 5.22 Å². The third-order valence-electron chi connectivity index (χ3n) is 2.98. The fourth-order valence-electron chi connectivity index (χ4n) is 1.85. The first-order chi connectivity index (χ1) is 11.2. The molecule has 3 rings (SSSR count). The highest BCUT2D eigenvalue weighted by molar-refractivity contribution is 7.99. The Morgan fingerprint density at radius 3 is 2.83 bits per heavy atom. The van der Waals surface area contributed by atoms with Crippen LogP contribution in [-0.2, 0) is 11.3 Å². The number of amides is 1. The van der Waals surface area contributed by atoms with Crippen LogP contribution < -0.4 is 5.32 Å². The molecule has 23 heavy (non-hydrogen) atoms. The van der Waals surface area contributed by atoms with Gasteiger partial charge in [-0.3, -0.25) is 4.79 Å². The lowest BCUT2D eigenvalue weighted by atomic mass is 10.2. The molecule has 118 valence electrons. The second-order valence-electron chi connectivity index (χ2n) is 4.64. The topological polar surface area (TPSA) is 68.3 Å². The molecule has 0 unspecified atom stereocenters. The van der Waals surface area contributed by atoms with E-state index >= 15 is 0 Å². The van der Waals surface area contributed by atoms with Crippen molar-refractivity contribution in [3.8, 4) is 11.3 Å². The molecule has 2 heterocycles. The fraction of sp³-hybridized carbons (Fsp3) is 0.125. The average molecular weight is 349 g/mol. The van der Waals surface area contributed by atoms with Crippen LogP contribution in [0.25, 0.3) is 11.3 Å². The summed E-state index contributed by atoms with van der Waals surface area (Å²) in [5, 5.41) is 3.87. The predicted molar refractivity (Wildman–Crippen MR) is 88.2 cm³/mol. The highest BCUT2D eigenvalue weighted by atomic mass is 35.5. The van der Waals surface area contributed by atoms with Gasteiger partial charge >= 0.3 is 0 Å². The summed E-state index contributed by atoms with van der Waals surface area (Å²) in [6.45, 7) is 0.369. The molecule has 2 aromatic heterocycles. The molecule has 1 N–H and O–H groups in total. The lowest BCUT2D eigenvalue weighted by Crippen LogP contribution is -2.24. The zero-order valence-corrected chi connectivity index (χ0v) is 13.6. The maximum Gasteiger partial charge on any atom is 0.256 e. The standard InChI is InChI=1S/C16H13ClN2O3S/c17-12-5-3-11(4-6-12)14-9-19-16(22-14)23-10-15(20)18-8-13-2-1-7-21-13/h1-7,9H,8,10H2,(H,18,20). The second kappa shape index (κ2) is 7.39. The van der Waals surface area contributed by atoms with Gasteiger partial charge in [0.1, 0.15) is 5.76 Å². The smallest absolute Gasteiger partial charge is 0.256 e. The number of hydrogen-bond donors (Lipinski definition) is 1. The van der Waals surface area contributed by atoms with Gasteiger partial charge in [0.05, 0.1) is 24.8 Å². The number of furan rings is 1. The van der Waals surface area contributed by atoms with Gasteiger partial charge in [0.2, 0.25) is 5.91 Å². The summed E-state index contributed by atoms with van der Waals surface area (Å²) in [7, 11) is 0. The van der Waals surface area contributed by atoms with E-state index < -0.39 is 0 Å². The lowest BCUT2D eigenvalue weighted by molar-refractivity contribution is -0.118. The van der Waals surface area contributed by atoms with E-state index in [0.29, 0.717) is 28.3 Å². The van der Waals surface area contributed by atoms with Crippen molar-refractivity contribution in [1.29, 1.82) is 0 Å². The molecule has 1 aromatic carbocycles. The molecule has 0 atom stereocenters. The van der Waals surface area contributed by atoms with Gasteiger partial charge in [-0.15, -0.1) is 0 Å². The zero-order valence-electron chi connectivity index (χ0n) is 12.0. The van der Waals surface area contributed by atoms with Crippen LogP contribution in [0.3, 0.4) is 0 Å². The predicted octanol–water partition coefficient (Wildman–Crippen LogP) is 4.00. The van der Waals surface area contributed by atoms with Crippen molar-refractivity contribution >= 4 is 29.3 Å². The van der Waals surface area contributed by atoms with Crippen molar-refractivity contribution in [1.82, 2.24) is 10.3 Å². The number of halogens is 1. The molecule has 0 bridgehead atoms. The summed E-state index contributed by atoms with van der Waals surface area (Å²) >= 11 is 7.09. The van der Waals surface area contributed by atoms with Gasteiger partial charge in [-0.2, -0.15) is 0 Å². The Hall–Kier alpha value is -2.18. The Morgan fingerprint density at radius 2 is 2.09 bits per heavy atom. The van der Waals surface area contributed by atoms with Crippen molar-refractivity contribution in [3.63, 3.8) is 0 Å². The molecule has 0 fully saturated rings. The summed E-state index contributed by atoms with van der Waals surface area (Å²) in [5.41, 5.74) is 0.885. The normalized spacial score (nSPS) is 10.7. The van der Waals surface area contributed by atoms with E-state index in [-0.39, 0.29) is 11.7 Å². The Labute approximate surface area is 142 Å². The van der Waals surface area contributed by atoms with Crippen LogP contribution in [0.4, 0.5) is 0 Å². The van der Waals surface area contributed by atoms with E-state index in [2.05, 4.69) is 10.3 Å². The van der Waals surface area contributed by atoms with E-state index in [1.807, 2.05) is 12.1 Å². The SMILES string of the molecule is O=C(CSc1ncc(-c2ccc(Cl)cc2)o1)NCc1ccco1. The van der Waals surface area contributed by atoms with Crippen LogP contribution in [-0.4, -0.2) is 16.6 Å². The summed E-state index contributed by atoms with van der Waals surface area (Å²) in [4.78, 5) is 15.9. The van der Waals surface area contributed by atoms with Gasteiger partial charge in [-0.05, 0) is 36.4 Å². The van der Waals surface area contributed by atoms with Gasteiger partial charge < -0.3 is 14.2 Å². The van der Waals surface area contributed by atoms with Crippen LogP contribution >= 0.6 is 23.4 Å². The average Bonchev–Trinajstić information content (AvgIpc) is 3.23. The monoisotopic (exact) mass is 348 g/mol. The number of aromatic nitrogens is 1. The fourth-order valence-corrected chi connectivity index (χ4v) is 2.61. The first-order valence-corrected chi connectivity index (χ1v) is 8.21. The molecule has 3 aromatic rings. The highest BCUT2D eigenvalue weighted by Crippen LogP contribution is 2.26. The van der Waals surface area contributed by atoms with Crippen LogP contribution in [0, 0.1) is 0 Å². The number of thioether (sulfide) groups is 1. The van der Waals surface area contributed by atoms with E-state index in [0.717, 1.165) is 5.56 Å². The molecule has 0 aliphatic rings. The molecular formula is C16H13ClN2O3S. The summed E-state index contributed by atoms with van der Waals surface area (Å²) in [6.07, 6.45) is 3.20. The zero-order chi connectivity index (χ0) is 16.1. The van der Waals surface area contributed by atoms with Crippen LogP contribution in [0.2, 0.25) is 5.02 Å². The molecule has 0 radical (unpaired) electrons. The highest BCUT2D eigenvalue weighted by Gasteiger charge is 2.10. The molecule has 0 saturated carbocycles. The number of rotatable bonds is 6. The maximum absolute atomic E-state index is 11.8. The number of hydrogen-bond acceptors (Lipinski definition) is 5. The van der Waals surface area contributed by atoms with E-state index in [4.69, 9.17) is 20.4 Å². The summed E-state index contributed by atoms with van der Waals surface area (Å²) < 4.78 is 10.8. The van der Waals surface area contributed by atoms with Crippen LogP contribution in [0.1, 0.15) is 5.76 Å². The van der Waals surface area contributed by atoms with Crippen LogP contribution in [0.15, 0.2) is 62.9 Å². The minimum atomic E-state index is -0.113. The number of oxazole rings is 1. The number of nitrogens with zero attached hydrogens (tertiary/aromatic N) is 1. The number of benzene rings is 1. The molecule has 0 aliphatic heterocycles. The molecule has 0 spiro atoms. The Morgan fingerprint density at radius 1 is 1.26 bits per heavy atom. The van der Waals surface area contributed by atoms with Crippen molar-refractivity contribution in [3.05, 3.63) is 59.6 Å². The quantitative estimate of drug-likeness (QED) is 0.682. The first kappa shape index (κ1) is 15.7. The van der Waals surface area contributed by atoms with Gasteiger partial charge in [-0.25, -0.2) is 4.98 Å². The van der Waals surface area contributed by atoms with E-state index in [1.54, 1.807) is 36.7 Å². The van der Waals surface area contributed by atoms with Crippen molar-refractivity contribution in [2.24, 2.45) is 0 Å². The molecule has 0 aliphatic carbocycles. The number of nitrogens with one attached hydrogen (secondary N) is 1. The lowest BCUT2D eigenvalue weighted by Gasteiger charge is -2.01. The van der Waals surface area contributed by atoms with Gasteiger partial charge in [0, 0.05) is 10.6 Å². The third-order valence-corrected chi connectivity index (χ3v) is 4.07. The Kier molecular flexibility index (Phi) is 5.05. The largest absolute Gasteiger partial charge is 0.467 e. The minimum absolute atomic E-state index is 0.113. The molecule has 7 heteroatoms. The van der Waals surface area contributed by atoms with Crippen LogP contribution in [0.5, 0.6) is 0 Å². The first-order valence-electron chi connectivity index (χ1n) is 6.84. The van der Waals surface area contributed by atoms with Crippen molar-refractivity contribution in [2.75, 3.05) is 5.75 Å². The Balaban J connectivity index is 1.50. The van der Waals surface area contributed by atoms with Crippen molar-refractivity contribution in [2.45, 2.75) is 11.8 Å². The molecule has 0 saturated heterocycles. The second-order valence-corrected chi connectivity index (χ2v) is 6.01. The van der Waals surface area contributed by atoms with Gasteiger partial charge in [-0.1, -0.05) is 23.4 Å². The summed E-state index contributed by atoms with van der Waals surface area (Å²) in [5.74, 6) is 1.46. The van der Waals surface area contributed by atoms with E-state index in [1.165, 1.54) is 11.8 Å².